The van der Waals surface area contributed by atoms with Crippen molar-refractivity contribution in [3.63, 3.8) is 0 Å². The number of carbonyl (C=O) groups excluding carboxylic acids is 2. The van der Waals surface area contributed by atoms with Crippen LogP contribution in [0.25, 0.3) is 0 Å². The smallest absolute Gasteiger partial charge is 0.291 e. The number of nitrogens with zero attached hydrogens (tertiary/aromatic N) is 2. The summed E-state index contributed by atoms with van der Waals surface area (Å²) in [7, 11) is 1.61. The van der Waals surface area contributed by atoms with E-state index in [0.29, 0.717) is 32.5 Å². The fourth-order valence-corrected chi connectivity index (χ4v) is 3.14. The summed E-state index contributed by atoms with van der Waals surface area (Å²) >= 11 is 0. The zero-order valence-electron chi connectivity index (χ0n) is 15.3. The predicted molar refractivity (Wildman–Crippen MR) is 98.3 cm³/mol. The summed E-state index contributed by atoms with van der Waals surface area (Å²) in [5, 5.41) is 5.35. The Morgan fingerprint density at radius 3 is 2.85 bits per heavy atom. The Morgan fingerprint density at radius 2 is 2.07 bits per heavy atom. The third-order valence-electron chi connectivity index (χ3n) is 4.47. The summed E-state index contributed by atoms with van der Waals surface area (Å²) in [6, 6.07) is 5.94. The molecule has 0 bridgehead atoms. The first-order valence-electron chi connectivity index (χ1n) is 9.04. The number of fused-ring (bicyclic) bond motifs is 1. The van der Waals surface area contributed by atoms with Crippen molar-refractivity contribution in [1.29, 1.82) is 0 Å². The van der Waals surface area contributed by atoms with Crippen LogP contribution in [-0.4, -0.2) is 41.6 Å². The van der Waals surface area contributed by atoms with Crippen LogP contribution in [0.3, 0.4) is 0 Å². The molecule has 2 N–H and O–H groups in total. The van der Waals surface area contributed by atoms with Gasteiger partial charge in [0.2, 0.25) is 0 Å². The first-order valence-corrected chi connectivity index (χ1v) is 9.04. The lowest BCUT2D eigenvalue weighted by Crippen LogP contribution is -2.27. The van der Waals surface area contributed by atoms with Gasteiger partial charge in [-0.15, -0.1) is 0 Å². The number of ether oxygens (including phenoxy) is 1. The molecule has 0 unspecified atom stereocenters. The number of methoxy groups -OCH3 is 1. The monoisotopic (exact) mass is 374 g/mol. The standard InChI is InChI=1S/C19H23FN4O3/c1-27-12-6-10-21-18(25)16-15-9-4-5-11-24(15)17(23-16)19(26)22-14-8-3-2-7-13(14)20/h2-3,7-8H,4-6,9-12H2,1H3,(H,21,25)(H,22,26). The molecule has 1 aliphatic heterocycles. The summed E-state index contributed by atoms with van der Waals surface area (Å²) in [5.74, 6) is -1.22. The van der Waals surface area contributed by atoms with E-state index in [-0.39, 0.29) is 23.1 Å². The number of para-hydroxylation sites is 1. The van der Waals surface area contributed by atoms with Gasteiger partial charge in [0.05, 0.1) is 11.4 Å². The molecule has 144 valence electrons. The Morgan fingerprint density at radius 1 is 1.26 bits per heavy atom. The average Bonchev–Trinajstić information content (AvgIpc) is 3.07. The molecule has 1 aliphatic rings. The quantitative estimate of drug-likeness (QED) is 0.729. The Hall–Kier alpha value is -2.74. The normalized spacial score (nSPS) is 13.1. The van der Waals surface area contributed by atoms with Gasteiger partial charge in [0.25, 0.3) is 11.8 Å². The van der Waals surface area contributed by atoms with E-state index in [1.807, 2.05) is 0 Å². The summed E-state index contributed by atoms with van der Waals surface area (Å²) in [6.45, 7) is 1.63. The number of benzene rings is 1. The van der Waals surface area contributed by atoms with Crippen LogP contribution in [-0.2, 0) is 17.7 Å². The van der Waals surface area contributed by atoms with E-state index in [1.165, 1.54) is 12.1 Å². The number of carbonyl (C=O) groups is 2. The van der Waals surface area contributed by atoms with Crippen molar-refractivity contribution in [3.05, 3.63) is 47.3 Å². The van der Waals surface area contributed by atoms with E-state index in [9.17, 15) is 14.0 Å². The third-order valence-corrected chi connectivity index (χ3v) is 4.47. The zero-order valence-corrected chi connectivity index (χ0v) is 15.3. The molecule has 0 atom stereocenters. The van der Waals surface area contributed by atoms with Crippen molar-refractivity contribution >= 4 is 17.5 Å². The number of hydrogen-bond acceptors (Lipinski definition) is 4. The van der Waals surface area contributed by atoms with Crippen molar-refractivity contribution in [3.8, 4) is 0 Å². The van der Waals surface area contributed by atoms with Crippen molar-refractivity contribution in [1.82, 2.24) is 14.9 Å². The fraction of sp³-hybridized carbons (Fsp3) is 0.421. The third kappa shape index (κ3) is 4.33. The molecule has 1 aromatic carbocycles. The predicted octanol–water partition coefficient (Wildman–Crippen LogP) is 2.38. The Bertz CT molecular complexity index is 834. The van der Waals surface area contributed by atoms with Crippen LogP contribution >= 0.6 is 0 Å². The molecule has 7 nitrogen and oxygen atoms in total. The molecule has 0 saturated heterocycles. The summed E-state index contributed by atoms with van der Waals surface area (Å²) in [6.07, 6.45) is 3.21. The number of imidazole rings is 1. The molecule has 0 fully saturated rings. The first kappa shape index (κ1) is 19.0. The van der Waals surface area contributed by atoms with Gasteiger partial charge in [0.1, 0.15) is 11.5 Å². The van der Waals surface area contributed by atoms with Crippen LogP contribution in [0.4, 0.5) is 10.1 Å². The number of anilines is 1. The van der Waals surface area contributed by atoms with Crippen LogP contribution in [0.2, 0.25) is 0 Å². The lowest BCUT2D eigenvalue weighted by Gasteiger charge is -2.17. The molecule has 8 heteroatoms. The van der Waals surface area contributed by atoms with Gasteiger partial charge in [-0.3, -0.25) is 9.59 Å². The number of nitrogens with one attached hydrogen (secondary N) is 2. The van der Waals surface area contributed by atoms with Gasteiger partial charge in [0.15, 0.2) is 5.82 Å². The van der Waals surface area contributed by atoms with Gasteiger partial charge < -0.3 is 19.9 Å². The summed E-state index contributed by atoms with van der Waals surface area (Å²) in [5.41, 5.74) is 1.11. The largest absolute Gasteiger partial charge is 0.385 e. The molecule has 2 amide bonds. The van der Waals surface area contributed by atoms with Gasteiger partial charge in [-0.1, -0.05) is 12.1 Å². The number of aromatic nitrogens is 2. The lowest BCUT2D eigenvalue weighted by atomic mass is 10.1. The van der Waals surface area contributed by atoms with E-state index in [1.54, 1.807) is 23.8 Å². The number of halogens is 1. The lowest BCUT2D eigenvalue weighted by molar-refractivity contribution is 0.0942. The molecule has 0 radical (unpaired) electrons. The van der Waals surface area contributed by atoms with Gasteiger partial charge >= 0.3 is 0 Å². The second kappa shape index (κ2) is 8.77. The molecule has 2 aromatic rings. The van der Waals surface area contributed by atoms with Gasteiger partial charge in [-0.2, -0.15) is 0 Å². The topological polar surface area (TPSA) is 85.2 Å². The van der Waals surface area contributed by atoms with Crippen molar-refractivity contribution in [2.24, 2.45) is 0 Å². The molecule has 3 rings (SSSR count). The van der Waals surface area contributed by atoms with Gasteiger partial charge in [-0.25, -0.2) is 9.37 Å². The first-order chi connectivity index (χ1) is 13.1. The maximum Gasteiger partial charge on any atom is 0.291 e. The SMILES string of the molecule is COCCCNC(=O)c1nc(C(=O)Nc2ccccc2F)n2c1CCCC2. The minimum Gasteiger partial charge on any atom is -0.385 e. The van der Waals surface area contributed by atoms with Gasteiger partial charge in [0, 0.05) is 26.8 Å². The zero-order chi connectivity index (χ0) is 19.2. The molecular formula is C19H23FN4O3. The minimum atomic E-state index is -0.526. The molecule has 0 spiro atoms. The van der Waals surface area contributed by atoms with Crippen LogP contribution in [0.5, 0.6) is 0 Å². The highest BCUT2D eigenvalue weighted by molar-refractivity contribution is 6.03. The highest BCUT2D eigenvalue weighted by Crippen LogP contribution is 2.22. The van der Waals surface area contributed by atoms with Crippen LogP contribution in [0, 0.1) is 5.82 Å². The van der Waals surface area contributed by atoms with E-state index >= 15 is 0 Å². The van der Waals surface area contributed by atoms with E-state index in [2.05, 4.69) is 15.6 Å². The molecule has 0 saturated carbocycles. The molecule has 0 aliphatic carbocycles. The number of amides is 2. The Kier molecular flexibility index (Phi) is 6.18. The highest BCUT2D eigenvalue weighted by atomic mass is 19.1. The van der Waals surface area contributed by atoms with E-state index in [4.69, 9.17) is 4.74 Å². The van der Waals surface area contributed by atoms with E-state index < -0.39 is 11.7 Å². The highest BCUT2D eigenvalue weighted by Gasteiger charge is 2.27. The van der Waals surface area contributed by atoms with Crippen molar-refractivity contribution < 1.29 is 18.7 Å². The maximum atomic E-state index is 13.8. The van der Waals surface area contributed by atoms with E-state index in [0.717, 1.165) is 18.5 Å². The van der Waals surface area contributed by atoms with Crippen molar-refractivity contribution in [2.45, 2.75) is 32.2 Å². The number of rotatable bonds is 7. The average molecular weight is 374 g/mol. The summed E-state index contributed by atoms with van der Waals surface area (Å²) < 4.78 is 20.6. The van der Waals surface area contributed by atoms with Crippen LogP contribution in [0.1, 0.15) is 46.1 Å². The summed E-state index contributed by atoms with van der Waals surface area (Å²) in [4.78, 5) is 29.5. The molecule has 27 heavy (non-hydrogen) atoms. The fourth-order valence-electron chi connectivity index (χ4n) is 3.14. The number of hydrogen-bond donors (Lipinski definition) is 2. The molecule has 2 heterocycles. The Labute approximate surface area is 156 Å². The van der Waals surface area contributed by atoms with Crippen molar-refractivity contribution in [2.75, 3.05) is 25.6 Å². The molecular weight excluding hydrogens is 351 g/mol. The maximum absolute atomic E-state index is 13.8. The van der Waals surface area contributed by atoms with Gasteiger partial charge in [-0.05, 0) is 37.8 Å². The second-order valence-corrected chi connectivity index (χ2v) is 6.38. The van der Waals surface area contributed by atoms with Crippen LogP contribution < -0.4 is 10.6 Å². The van der Waals surface area contributed by atoms with Crippen LogP contribution in [0.15, 0.2) is 24.3 Å². The Balaban J connectivity index is 1.81. The molecule has 1 aromatic heterocycles. The minimum absolute atomic E-state index is 0.0845. The second-order valence-electron chi connectivity index (χ2n) is 6.38.